The third-order valence-electron chi connectivity index (χ3n) is 3.37. The molecular formula is C17H20BrN2O2+. The van der Waals surface area contributed by atoms with Crippen molar-refractivity contribution in [1.82, 2.24) is 0 Å². The highest BCUT2D eigenvalue weighted by Gasteiger charge is 2.21. The fourth-order valence-corrected chi connectivity index (χ4v) is 2.73. The number of halogens is 1. The van der Waals surface area contributed by atoms with Crippen LogP contribution in [0, 0.1) is 0 Å². The maximum atomic E-state index is 11.7. The summed E-state index contributed by atoms with van der Waals surface area (Å²) in [5.74, 6) is -0.225. The van der Waals surface area contributed by atoms with E-state index in [1.807, 2.05) is 53.8 Å². The van der Waals surface area contributed by atoms with Gasteiger partial charge in [-0.15, -0.1) is 0 Å². The van der Waals surface area contributed by atoms with Crippen molar-refractivity contribution in [1.29, 1.82) is 0 Å². The summed E-state index contributed by atoms with van der Waals surface area (Å²) in [6.07, 6.45) is 0. The number of esters is 1. The van der Waals surface area contributed by atoms with Gasteiger partial charge in [0.25, 0.3) is 0 Å². The van der Waals surface area contributed by atoms with E-state index in [0.29, 0.717) is 12.3 Å². The third kappa shape index (κ3) is 4.32. The molecule has 0 aromatic heterocycles. The Balaban J connectivity index is 2.29. The molecular weight excluding hydrogens is 344 g/mol. The molecule has 22 heavy (non-hydrogen) atoms. The average Bonchev–Trinajstić information content (AvgIpc) is 2.52. The SMILES string of the molecule is CCOC(=O)C[NH2+][C@@H](c1ccccc1)c1cc(Br)ccc1N. The number of nitrogens with two attached hydrogens (primary N) is 2. The number of quaternary nitrogens is 1. The normalized spacial score (nSPS) is 11.9. The molecule has 2 rings (SSSR count). The Labute approximate surface area is 138 Å². The zero-order chi connectivity index (χ0) is 15.9. The van der Waals surface area contributed by atoms with E-state index in [-0.39, 0.29) is 18.6 Å². The summed E-state index contributed by atoms with van der Waals surface area (Å²) >= 11 is 3.48. The number of carbonyl (C=O) groups is 1. The number of ether oxygens (including phenoxy) is 1. The Morgan fingerprint density at radius 2 is 2.00 bits per heavy atom. The molecule has 0 aliphatic heterocycles. The first kappa shape index (κ1) is 16.5. The number of carbonyl (C=O) groups excluding carboxylic acids is 1. The van der Waals surface area contributed by atoms with Gasteiger partial charge >= 0.3 is 5.97 Å². The summed E-state index contributed by atoms with van der Waals surface area (Å²) in [6, 6.07) is 15.7. The van der Waals surface area contributed by atoms with Gasteiger partial charge in [-0.25, -0.2) is 4.79 Å². The lowest BCUT2D eigenvalue weighted by Crippen LogP contribution is -2.87. The highest BCUT2D eigenvalue weighted by Crippen LogP contribution is 2.26. The Kier molecular flexibility index (Phi) is 5.98. The lowest BCUT2D eigenvalue weighted by atomic mass is 9.97. The topological polar surface area (TPSA) is 68.9 Å². The average molecular weight is 364 g/mol. The molecule has 0 amide bonds. The van der Waals surface area contributed by atoms with Crippen LogP contribution in [0.2, 0.25) is 0 Å². The first-order valence-corrected chi connectivity index (χ1v) is 8.00. The largest absolute Gasteiger partial charge is 0.462 e. The molecule has 0 unspecified atom stereocenters. The zero-order valence-electron chi connectivity index (χ0n) is 12.5. The second kappa shape index (κ2) is 7.96. The predicted molar refractivity (Wildman–Crippen MR) is 90.3 cm³/mol. The number of nitrogen functional groups attached to an aromatic ring is 1. The number of benzene rings is 2. The standard InChI is InChI=1S/C17H19BrN2O2/c1-2-22-16(21)11-20-17(12-6-4-3-5-7-12)14-10-13(18)8-9-15(14)19/h3-10,17,20H,2,11,19H2,1H3/p+1/t17-/m0/s1. The first-order chi connectivity index (χ1) is 10.6. The van der Waals surface area contributed by atoms with E-state index in [9.17, 15) is 4.79 Å². The summed E-state index contributed by atoms with van der Waals surface area (Å²) in [6.45, 7) is 2.44. The van der Waals surface area contributed by atoms with Crippen molar-refractivity contribution < 1.29 is 14.8 Å². The van der Waals surface area contributed by atoms with Crippen LogP contribution in [0.1, 0.15) is 24.1 Å². The van der Waals surface area contributed by atoms with Crippen LogP contribution < -0.4 is 11.1 Å². The molecule has 0 spiro atoms. The van der Waals surface area contributed by atoms with Crippen molar-refractivity contribution in [2.45, 2.75) is 13.0 Å². The molecule has 4 N–H and O–H groups in total. The van der Waals surface area contributed by atoms with Gasteiger partial charge in [-0.1, -0.05) is 46.3 Å². The van der Waals surface area contributed by atoms with Crippen LogP contribution in [0.4, 0.5) is 5.69 Å². The van der Waals surface area contributed by atoms with Gasteiger partial charge in [0, 0.05) is 21.3 Å². The van der Waals surface area contributed by atoms with E-state index < -0.39 is 0 Å². The molecule has 1 atom stereocenters. The second-order valence-electron chi connectivity index (χ2n) is 4.91. The van der Waals surface area contributed by atoms with Gasteiger partial charge < -0.3 is 15.8 Å². The minimum Gasteiger partial charge on any atom is -0.462 e. The smallest absolute Gasteiger partial charge is 0.361 e. The fourth-order valence-electron chi connectivity index (χ4n) is 2.35. The number of anilines is 1. The second-order valence-corrected chi connectivity index (χ2v) is 5.82. The number of hydrogen-bond acceptors (Lipinski definition) is 3. The van der Waals surface area contributed by atoms with Gasteiger partial charge in [0.15, 0.2) is 6.54 Å². The van der Waals surface area contributed by atoms with E-state index in [4.69, 9.17) is 10.5 Å². The van der Waals surface area contributed by atoms with Gasteiger partial charge in [0.05, 0.1) is 6.61 Å². The summed E-state index contributed by atoms with van der Waals surface area (Å²) in [7, 11) is 0. The van der Waals surface area contributed by atoms with Gasteiger partial charge in [0.2, 0.25) is 0 Å². The minimum absolute atomic E-state index is 0.0527. The van der Waals surface area contributed by atoms with Crippen LogP contribution >= 0.6 is 15.9 Å². The van der Waals surface area contributed by atoms with E-state index >= 15 is 0 Å². The van der Waals surface area contributed by atoms with Crippen LogP contribution in [-0.4, -0.2) is 19.1 Å². The molecule has 0 heterocycles. The third-order valence-corrected chi connectivity index (χ3v) is 3.86. The van der Waals surface area contributed by atoms with Crippen molar-refractivity contribution >= 4 is 27.6 Å². The van der Waals surface area contributed by atoms with E-state index in [1.54, 1.807) is 6.92 Å². The highest BCUT2D eigenvalue weighted by atomic mass is 79.9. The Hall–Kier alpha value is -1.85. The summed E-state index contributed by atoms with van der Waals surface area (Å²) in [5.41, 5.74) is 8.91. The van der Waals surface area contributed by atoms with Crippen LogP contribution in [0.3, 0.4) is 0 Å². The van der Waals surface area contributed by atoms with E-state index in [2.05, 4.69) is 15.9 Å². The Morgan fingerprint density at radius 1 is 1.27 bits per heavy atom. The Bertz CT molecular complexity index is 632. The molecule has 0 radical (unpaired) electrons. The quantitative estimate of drug-likeness (QED) is 0.610. The Morgan fingerprint density at radius 3 is 2.68 bits per heavy atom. The van der Waals surface area contributed by atoms with Crippen LogP contribution in [0.5, 0.6) is 0 Å². The molecule has 116 valence electrons. The van der Waals surface area contributed by atoms with Gasteiger partial charge in [-0.2, -0.15) is 0 Å². The maximum Gasteiger partial charge on any atom is 0.361 e. The molecule has 2 aromatic carbocycles. The monoisotopic (exact) mass is 363 g/mol. The van der Waals surface area contributed by atoms with Gasteiger partial charge in [-0.05, 0) is 25.1 Å². The number of rotatable bonds is 6. The lowest BCUT2D eigenvalue weighted by molar-refractivity contribution is -0.677. The summed E-state index contributed by atoms with van der Waals surface area (Å²) < 4.78 is 5.97. The number of hydrogen-bond donors (Lipinski definition) is 2. The molecule has 0 bridgehead atoms. The van der Waals surface area contributed by atoms with Crippen molar-refractivity contribution in [2.24, 2.45) is 0 Å². The van der Waals surface area contributed by atoms with Crippen molar-refractivity contribution in [3.63, 3.8) is 0 Å². The molecule has 0 saturated carbocycles. The van der Waals surface area contributed by atoms with E-state index in [1.165, 1.54) is 0 Å². The van der Waals surface area contributed by atoms with Crippen LogP contribution in [0.15, 0.2) is 53.0 Å². The molecule has 0 fully saturated rings. The van der Waals surface area contributed by atoms with Crippen molar-refractivity contribution in [3.8, 4) is 0 Å². The summed E-state index contributed by atoms with van der Waals surface area (Å²) in [4.78, 5) is 11.7. The molecule has 0 aliphatic carbocycles. The molecule has 4 nitrogen and oxygen atoms in total. The first-order valence-electron chi connectivity index (χ1n) is 7.20. The van der Waals surface area contributed by atoms with Crippen LogP contribution in [0.25, 0.3) is 0 Å². The van der Waals surface area contributed by atoms with Gasteiger partial charge in [0.1, 0.15) is 6.04 Å². The van der Waals surface area contributed by atoms with Gasteiger partial charge in [-0.3, -0.25) is 0 Å². The highest BCUT2D eigenvalue weighted by molar-refractivity contribution is 9.10. The van der Waals surface area contributed by atoms with Crippen molar-refractivity contribution in [2.75, 3.05) is 18.9 Å². The minimum atomic E-state index is -0.225. The maximum absolute atomic E-state index is 11.7. The molecule has 0 saturated heterocycles. The molecule has 0 aliphatic rings. The lowest BCUT2D eigenvalue weighted by Gasteiger charge is -2.18. The van der Waals surface area contributed by atoms with E-state index in [0.717, 1.165) is 15.6 Å². The molecule has 2 aromatic rings. The predicted octanol–water partition coefficient (Wildman–Crippen LogP) is 2.25. The summed E-state index contributed by atoms with van der Waals surface area (Å²) in [5, 5.41) is 1.95. The fraction of sp³-hybridized carbons (Fsp3) is 0.235. The van der Waals surface area contributed by atoms with Crippen molar-refractivity contribution in [3.05, 3.63) is 64.1 Å². The van der Waals surface area contributed by atoms with Crippen LogP contribution in [-0.2, 0) is 9.53 Å². The zero-order valence-corrected chi connectivity index (χ0v) is 14.0. The molecule has 5 heteroatoms.